The SMILES string of the molecule is COc1cc(NC(=O)c2cnn(-c3cccc4c(=O)[nH]ccc34)c2C(F)(F)F)cc(OCCOCC(=O)NCCn2nc(-c3ccc(CNC(=O)c4cc(F)ccc4OC)cc3)c(C(N)=O)c2N)c1. The zero-order valence-corrected chi connectivity index (χ0v) is 36.6. The van der Waals surface area contributed by atoms with E-state index in [4.69, 9.17) is 30.4 Å². The molecule has 0 aliphatic rings. The number of aromatic nitrogens is 5. The van der Waals surface area contributed by atoms with Gasteiger partial charge < -0.3 is 51.3 Å². The Bertz CT molecular complexity index is 3110. The minimum absolute atomic E-state index is 0.0281. The largest absolute Gasteiger partial charge is 0.497 e. The molecule has 19 nitrogen and oxygen atoms in total. The fraction of sp³-hybridized carbons (Fsp3) is 0.196. The Balaban J connectivity index is 0.896. The number of methoxy groups -OCH3 is 2. The van der Waals surface area contributed by atoms with Gasteiger partial charge in [-0.15, -0.1) is 0 Å². The maximum Gasteiger partial charge on any atom is 0.434 e. The van der Waals surface area contributed by atoms with Crippen LogP contribution in [0.25, 0.3) is 27.7 Å². The van der Waals surface area contributed by atoms with Gasteiger partial charge in [-0.1, -0.05) is 30.3 Å². The summed E-state index contributed by atoms with van der Waals surface area (Å²) in [5, 5.41) is 16.4. The van der Waals surface area contributed by atoms with Gasteiger partial charge in [0.15, 0.2) is 5.69 Å². The van der Waals surface area contributed by atoms with Gasteiger partial charge in [0.05, 0.1) is 50.4 Å². The maximum atomic E-state index is 14.5. The highest BCUT2D eigenvalue weighted by atomic mass is 19.4. The number of primary amides is 1. The number of carbonyl (C=O) groups excluding carboxylic acids is 4. The minimum Gasteiger partial charge on any atom is -0.497 e. The fourth-order valence-corrected chi connectivity index (χ4v) is 7.14. The van der Waals surface area contributed by atoms with Crippen molar-refractivity contribution in [2.24, 2.45) is 5.73 Å². The van der Waals surface area contributed by atoms with Gasteiger partial charge in [-0.05, 0) is 42.0 Å². The van der Waals surface area contributed by atoms with Crippen LogP contribution in [0.5, 0.6) is 17.2 Å². The van der Waals surface area contributed by atoms with Crippen LogP contribution in [0.1, 0.15) is 42.3 Å². The van der Waals surface area contributed by atoms with Gasteiger partial charge >= 0.3 is 6.18 Å². The number of pyridine rings is 1. The molecule has 0 atom stereocenters. The second-order valence-corrected chi connectivity index (χ2v) is 14.9. The standard InChI is InChI=1S/C46H42F4N10O9/c1-66-29-19-28(57-45(65)34-23-56-60(40(34)46(48,49)50)35-5-3-4-32-31(35)12-13-54-43(32)63)20-30(21-29)69-17-16-68-24-37(61)53-14-15-59-41(51)38(42(52)62)39(58-59)26-8-6-25(7-9-26)22-55-44(64)33-18-27(47)10-11-36(33)67-2/h3-13,18-21,23H,14-17,22,24,51H2,1-2H3,(H2,52,62)(H,53,61)(H,54,63)(H,55,64)(H,57,65). The van der Waals surface area contributed by atoms with Crippen molar-refractivity contribution in [3.8, 4) is 34.2 Å². The first kappa shape index (κ1) is 48.2. The quantitative estimate of drug-likeness (QED) is 0.0471. The number of aromatic amines is 1. The van der Waals surface area contributed by atoms with Crippen LogP contribution >= 0.6 is 0 Å². The van der Waals surface area contributed by atoms with Crippen LogP contribution in [0.15, 0.2) is 102 Å². The number of alkyl halides is 3. The molecule has 0 saturated heterocycles. The van der Waals surface area contributed by atoms with Crippen LogP contribution in [0, 0.1) is 5.82 Å². The third-order valence-electron chi connectivity index (χ3n) is 10.4. The smallest absolute Gasteiger partial charge is 0.434 e. The molecule has 8 N–H and O–H groups in total. The number of amides is 4. The predicted molar refractivity (Wildman–Crippen MR) is 242 cm³/mol. The molecule has 0 radical (unpaired) electrons. The van der Waals surface area contributed by atoms with Crippen molar-refractivity contribution < 1.29 is 55.7 Å². The average Bonchev–Trinajstić information content (AvgIpc) is 3.93. The lowest BCUT2D eigenvalue weighted by atomic mass is 10.0. The van der Waals surface area contributed by atoms with Crippen molar-refractivity contribution >= 4 is 45.9 Å². The van der Waals surface area contributed by atoms with Gasteiger partial charge in [-0.2, -0.15) is 23.4 Å². The highest BCUT2D eigenvalue weighted by Crippen LogP contribution is 2.36. The lowest BCUT2D eigenvalue weighted by Gasteiger charge is -2.15. The van der Waals surface area contributed by atoms with Gasteiger partial charge in [-0.25, -0.2) is 13.8 Å². The molecule has 0 fully saturated rings. The van der Waals surface area contributed by atoms with Gasteiger partial charge in [0.1, 0.15) is 53.4 Å². The molecule has 69 heavy (non-hydrogen) atoms. The number of carbonyl (C=O) groups is 4. The first-order valence-electron chi connectivity index (χ1n) is 20.7. The Morgan fingerprint density at radius 3 is 2.35 bits per heavy atom. The zero-order valence-electron chi connectivity index (χ0n) is 36.6. The third-order valence-corrected chi connectivity index (χ3v) is 10.4. The lowest BCUT2D eigenvalue weighted by Crippen LogP contribution is -2.31. The number of hydrogen-bond acceptors (Lipinski definition) is 12. The van der Waals surface area contributed by atoms with Gasteiger partial charge in [0, 0.05) is 59.5 Å². The summed E-state index contributed by atoms with van der Waals surface area (Å²) >= 11 is 0. The molecule has 0 saturated carbocycles. The lowest BCUT2D eigenvalue weighted by molar-refractivity contribution is -0.143. The van der Waals surface area contributed by atoms with Crippen molar-refractivity contribution in [2.75, 3.05) is 51.6 Å². The summed E-state index contributed by atoms with van der Waals surface area (Å²) in [4.78, 5) is 65.9. The van der Waals surface area contributed by atoms with Crippen LogP contribution in [-0.4, -0.2) is 88.8 Å². The number of hydrogen-bond donors (Lipinski definition) is 6. The summed E-state index contributed by atoms with van der Waals surface area (Å²) in [6.07, 6.45) is -2.96. The van der Waals surface area contributed by atoms with Crippen molar-refractivity contribution in [1.82, 2.24) is 35.2 Å². The zero-order chi connectivity index (χ0) is 49.4. The number of benzene rings is 4. The van der Waals surface area contributed by atoms with E-state index in [0.717, 1.165) is 12.3 Å². The number of nitrogens with zero attached hydrogens (tertiary/aromatic N) is 4. The van der Waals surface area contributed by atoms with E-state index in [-0.39, 0.29) is 101 Å². The number of fused-ring (bicyclic) bond motifs is 1. The topological polar surface area (TPSA) is 262 Å². The Labute approximate surface area is 388 Å². The summed E-state index contributed by atoms with van der Waals surface area (Å²) in [6, 6.07) is 20.1. The molecule has 23 heteroatoms. The molecule has 7 rings (SSSR count). The molecule has 0 aliphatic carbocycles. The molecule has 358 valence electrons. The summed E-state index contributed by atoms with van der Waals surface area (Å²) < 4.78 is 80.9. The monoisotopic (exact) mass is 954 g/mol. The number of nitrogen functional groups attached to an aromatic ring is 1. The number of ether oxygens (including phenoxy) is 4. The van der Waals surface area contributed by atoms with E-state index in [1.807, 2.05) is 0 Å². The van der Waals surface area contributed by atoms with E-state index in [1.54, 1.807) is 24.3 Å². The normalized spacial score (nSPS) is 11.3. The van der Waals surface area contributed by atoms with E-state index in [9.17, 15) is 41.5 Å². The molecule has 0 bridgehead atoms. The van der Waals surface area contributed by atoms with Crippen LogP contribution in [-0.2, 0) is 28.8 Å². The fourth-order valence-electron chi connectivity index (χ4n) is 7.14. The van der Waals surface area contributed by atoms with Crippen LogP contribution in [0.2, 0.25) is 0 Å². The van der Waals surface area contributed by atoms with Gasteiger partial charge in [-0.3, -0.25) is 24.0 Å². The summed E-state index contributed by atoms with van der Waals surface area (Å²) in [6.45, 7) is -0.363. The first-order valence-corrected chi connectivity index (χ1v) is 20.7. The molecule has 4 amide bonds. The Morgan fingerprint density at radius 2 is 1.62 bits per heavy atom. The van der Waals surface area contributed by atoms with Crippen LogP contribution < -0.4 is 47.2 Å². The Hall–Kier alpha value is -8.73. The Morgan fingerprint density at radius 1 is 0.855 bits per heavy atom. The van der Waals surface area contributed by atoms with Crippen molar-refractivity contribution in [3.05, 3.63) is 141 Å². The summed E-state index contributed by atoms with van der Waals surface area (Å²) in [5.41, 5.74) is 10.6. The van der Waals surface area contributed by atoms with E-state index in [1.165, 1.54) is 79.7 Å². The Kier molecular flexibility index (Phi) is 14.6. The second-order valence-electron chi connectivity index (χ2n) is 14.9. The average molecular weight is 955 g/mol. The van der Waals surface area contributed by atoms with Crippen molar-refractivity contribution in [3.63, 3.8) is 0 Å². The van der Waals surface area contributed by atoms with Gasteiger partial charge in [0.2, 0.25) is 5.91 Å². The molecule has 0 spiro atoms. The highest BCUT2D eigenvalue weighted by molar-refractivity contribution is 6.06. The molecular formula is C46H42F4N10O9. The summed E-state index contributed by atoms with van der Waals surface area (Å²) in [5.74, 6) is -3.07. The molecule has 3 aromatic heterocycles. The number of halogens is 4. The van der Waals surface area contributed by atoms with Crippen LogP contribution in [0.3, 0.4) is 0 Å². The number of nitrogens with one attached hydrogen (secondary N) is 4. The predicted octanol–water partition coefficient (Wildman–Crippen LogP) is 4.83. The van der Waals surface area contributed by atoms with E-state index >= 15 is 0 Å². The molecular weight excluding hydrogens is 913 g/mol. The van der Waals surface area contributed by atoms with E-state index in [0.29, 0.717) is 15.8 Å². The van der Waals surface area contributed by atoms with E-state index < -0.39 is 52.4 Å². The molecule has 7 aromatic rings. The molecule has 0 aliphatic heterocycles. The first-order chi connectivity index (χ1) is 33.1. The number of H-pyrrole nitrogens is 1. The van der Waals surface area contributed by atoms with Gasteiger partial charge in [0.25, 0.3) is 23.3 Å². The molecule has 3 heterocycles. The molecule has 4 aromatic carbocycles. The van der Waals surface area contributed by atoms with Crippen molar-refractivity contribution in [2.45, 2.75) is 19.3 Å². The van der Waals surface area contributed by atoms with Crippen molar-refractivity contribution in [1.29, 1.82) is 0 Å². The summed E-state index contributed by atoms with van der Waals surface area (Å²) in [7, 11) is 2.71. The third kappa shape index (κ3) is 11.1. The molecule has 0 unspecified atom stereocenters. The van der Waals surface area contributed by atoms with E-state index in [2.05, 4.69) is 31.1 Å². The number of anilines is 2. The van der Waals surface area contributed by atoms with Crippen LogP contribution in [0.4, 0.5) is 29.1 Å². The highest BCUT2D eigenvalue weighted by Gasteiger charge is 2.41. The number of rotatable bonds is 19. The maximum absolute atomic E-state index is 14.5. The minimum atomic E-state index is -5.04. The number of nitrogens with two attached hydrogens (primary N) is 2. The second kappa shape index (κ2) is 20.8.